The van der Waals surface area contributed by atoms with Crippen molar-refractivity contribution in [1.29, 1.82) is 0 Å². The summed E-state index contributed by atoms with van der Waals surface area (Å²) in [5.74, 6) is 2.39. The lowest BCUT2D eigenvalue weighted by atomic mass is 10.1. The van der Waals surface area contributed by atoms with Crippen LogP contribution in [0.2, 0.25) is 0 Å². The van der Waals surface area contributed by atoms with Crippen LogP contribution in [0.4, 0.5) is 0 Å². The first-order valence-corrected chi connectivity index (χ1v) is 5.25. The van der Waals surface area contributed by atoms with E-state index in [4.69, 9.17) is 5.73 Å². The maximum atomic E-state index is 5.62. The Bertz CT molecular complexity index is 290. The fourth-order valence-electron chi connectivity index (χ4n) is 1.56. The summed E-state index contributed by atoms with van der Waals surface area (Å²) in [5, 5.41) is 8.32. The van der Waals surface area contributed by atoms with E-state index < -0.39 is 0 Å². The topological polar surface area (TPSA) is 56.7 Å². The van der Waals surface area contributed by atoms with Crippen LogP contribution in [0.3, 0.4) is 0 Å². The van der Waals surface area contributed by atoms with Gasteiger partial charge in [0.25, 0.3) is 0 Å². The molecule has 0 aliphatic rings. The Labute approximate surface area is 85.5 Å². The third-order valence-electron chi connectivity index (χ3n) is 2.54. The second-order valence-electron chi connectivity index (χ2n) is 3.95. The van der Waals surface area contributed by atoms with E-state index in [1.807, 2.05) is 0 Å². The van der Waals surface area contributed by atoms with Gasteiger partial charge in [0.05, 0.1) is 6.54 Å². The summed E-state index contributed by atoms with van der Waals surface area (Å²) >= 11 is 0. The minimum Gasteiger partial charge on any atom is -0.324 e. The second-order valence-corrected chi connectivity index (χ2v) is 3.95. The Balaban J connectivity index is 3.10. The zero-order chi connectivity index (χ0) is 10.7. The molecule has 0 spiro atoms. The van der Waals surface area contributed by atoms with Crippen LogP contribution >= 0.6 is 0 Å². The zero-order valence-electron chi connectivity index (χ0n) is 9.49. The average molecular weight is 196 g/mol. The van der Waals surface area contributed by atoms with Gasteiger partial charge < -0.3 is 10.3 Å². The summed E-state index contributed by atoms with van der Waals surface area (Å²) in [6.07, 6.45) is 1.08. The summed E-state index contributed by atoms with van der Waals surface area (Å²) in [7, 11) is 0. The van der Waals surface area contributed by atoms with E-state index in [1.54, 1.807) is 0 Å². The summed E-state index contributed by atoms with van der Waals surface area (Å²) in [6.45, 7) is 9.06. The summed E-state index contributed by atoms with van der Waals surface area (Å²) < 4.78 is 2.15. The van der Waals surface area contributed by atoms with Crippen molar-refractivity contribution < 1.29 is 0 Å². The minimum absolute atomic E-state index is 0.382. The molecule has 4 nitrogen and oxygen atoms in total. The number of aromatic nitrogens is 3. The van der Waals surface area contributed by atoms with Crippen molar-refractivity contribution in [3.63, 3.8) is 0 Å². The lowest BCUT2D eigenvalue weighted by molar-refractivity contribution is 0.515. The van der Waals surface area contributed by atoms with Gasteiger partial charge in [-0.15, -0.1) is 10.2 Å². The molecule has 0 saturated heterocycles. The van der Waals surface area contributed by atoms with Gasteiger partial charge in [-0.25, -0.2) is 0 Å². The van der Waals surface area contributed by atoms with Crippen LogP contribution in [0, 0.1) is 0 Å². The van der Waals surface area contributed by atoms with Crippen LogP contribution < -0.4 is 5.73 Å². The van der Waals surface area contributed by atoms with Crippen molar-refractivity contribution in [2.24, 2.45) is 5.73 Å². The molecule has 1 aromatic rings. The molecule has 4 heteroatoms. The molecule has 0 radical (unpaired) electrons. The largest absolute Gasteiger partial charge is 0.324 e. The highest BCUT2D eigenvalue weighted by Crippen LogP contribution is 2.21. The number of hydrogen-bond donors (Lipinski definition) is 1. The monoisotopic (exact) mass is 196 g/mol. The van der Waals surface area contributed by atoms with Crippen molar-refractivity contribution in [2.45, 2.75) is 52.6 Å². The molecule has 0 aliphatic carbocycles. The molecule has 80 valence electrons. The predicted octanol–water partition coefficient (Wildman–Crippen LogP) is 1.83. The fourth-order valence-corrected chi connectivity index (χ4v) is 1.56. The minimum atomic E-state index is 0.382. The van der Waals surface area contributed by atoms with Crippen molar-refractivity contribution in [3.8, 4) is 0 Å². The van der Waals surface area contributed by atoms with Gasteiger partial charge in [0.2, 0.25) is 0 Å². The Morgan fingerprint density at radius 3 is 2.36 bits per heavy atom. The van der Waals surface area contributed by atoms with Crippen molar-refractivity contribution in [2.75, 3.05) is 0 Å². The predicted molar refractivity (Wildman–Crippen MR) is 57.0 cm³/mol. The van der Waals surface area contributed by atoms with E-state index in [0.717, 1.165) is 18.1 Å². The summed E-state index contributed by atoms with van der Waals surface area (Å²) in [6, 6.07) is 0.382. The average Bonchev–Trinajstić information content (AvgIpc) is 2.59. The van der Waals surface area contributed by atoms with E-state index in [0.29, 0.717) is 18.5 Å². The molecule has 1 unspecified atom stereocenters. The van der Waals surface area contributed by atoms with Crippen LogP contribution in [0.1, 0.15) is 57.7 Å². The van der Waals surface area contributed by atoms with Gasteiger partial charge in [0.15, 0.2) is 0 Å². The lowest BCUT2D eigenvalue weighted by Crippen LogP contribution is -2.14. The molecule has 0 fully saturated rings. The van der Waals surface area contributed by atoms with Crippen LogP contribution in [0.15, 0.2) is 0 Å². The quantitative estimate of drug-likeness (QED) is 0.799. The van der Waals surface area contributed by atoms with Crippen molar-refractivity contribution in [3.05, 3.63) is 11.6 Å². The van der Waals surface area contributed by atoms with Crippen LogP contribution in [0.25, 0.3) is 0 Å². The number of rotatable bonds is 4. The highest BCUT2D eigenvalue weighted by atomic mass is 15.3. The molecule has 0 bridgehead atoms. The number of hydrogen-bond acceptors (Lipinski definition) is 3. The molecule has 0 amide bonds. The summed E-state index contributed by atoms with van der Waals surface area (Å²) in [4.78, 5) is 0. The Kier molecular flexibility index (Phi) is 3.63. The third kappa shape index (κ3) is 1.95. The molecule has 1 atom stereocenters. The maximum absolute atomic E-state index is 5.62. The molecule has 1 rings (SSSR count). The molecule has 1 aromatic heterocycles. The smallest absolute Gasteiger partial charge is 0.147 e. The van der Waals surface area contributed by atoms with Crippen molar-refractivity contribution >= 4 is 0 Å². The molecular weight excluding hydrogens is 176 g/mol. The highest BCUT2D eigenvalue weighted by Gasteiger charge is 2.17. The van der Waals surface area contributed by atoms with E-state index >= 15 is 0 Å². The normalized spacial score (nSPS) is 13.6. The van der Waals surface area contributed by atoms with Crippen LogP contribution in [0.5, 0.6) is 0 Å². The third-order valence-corrected chi connectivity index (χ3v) is 2.54. The van der Waals surface area contributed by atoms with Crippen LogP contribution in [-0.4, -0.2) is 14.8 Å². The molecule has 0 saturated carbocycles. The van der Waals surface area contributed by atoms with Gasteiger partial charge in [-0.2, -0.15) is 0 Å². The summed E-state index contributed by atoms with van der Waals surface area (Å²) in [5.41, 5.74) is 5.62. The first-order valence-electron chi connectivity index (χ1n) is 5.25. The first-order chi connectivity index (χ1) is 6.61. The van der Waals surface area contributed by atoms with Gasteiger partial charge in [0, 0.05) is 12.0 Å². The highest BCUT2D eigenvalue weighted by molar-refractivity contribution is 5.02. The van der Waals surface area contributed by atoms with Gasteiger partial charge in [0.1, 0.15) is 11.6 Å². The standard InChI is InChI=1S/C10H20N4/c1-5-8(4)10-13-12-9(6-11)14(10)7(2)3/h7-8H,5-6,11H2,1-4H3. The first kappa shape index (κ1) is 11.2. The fraction of sp³-hybridized carbons (Fsp3) is 0.800. The van der Waals surface area contributed by atoms with E-state index in [2.05, 4.69) is 42.5 Å². The molecule has 0 aliphatic heterocycles. The van der Waals surface area contributed by atoms with Gasteiger partial charge in [-0.3, -0.25) is 0 Å². The SMILES string of the molecule is CCC(C)c1nnc(CN)n1C(C)C. The molecular formula is C10H20N4. The Morgan fingerprint density at radius 1 is 1.29 bits per heavy atom. The lowest BCUT2D eigenvalue weighted by Gasteiger charge is -2.16. The van der Waals surface area contributed by atoms with Gasteiger partial charge in [-0.05, 0) is 20.3 Å². The Morgan fingerprint density at radius 2 is 1.93 bits per heavy atom. The number of nitrogens with zero attached hydrogens (tertiary/aromatic N) is 3. The maximum Gasteiger partial charge on any atom is 0.147 e. The molecule has 1 heterocycles. The van der Waals surface area contributed by atoms with E-state index in [1.165, 1.54) is 0 Å². The van der Waals surface area contributed by atoms with Crippen LogP contribution in [-0.2, 0) is 6.54 Å². The van der Waals surface area contributed by atoms with Crippen molar-refractivity contribution in [1.82, 2.24) is 14.8 Å². The number of nitrogens with two attached hydrogens (primary N) is 1. The van der Waals surface area contributed by atoms with Gasteiger partial charge in [-0.1, -0.05) is 13.8 Å². The Hall–Kier alpha value is -0.900. The van der Waals surface area contributed by atoms with E-state index in [9.17, 15) is 0 Å². The molecule has 2 N–H and O–H groups in total. The second kappa shape index (κ2) is 4.55. The van der Waals surface area contributed by atoms with Gasteiger partial charge >= 0.3 is 0 Å². The van der Waals surface area contributed by atoms with E-state index in [-0.39, 0.29) is 0 Å². The zero-order valence-corrected chi connectivity index (χ0v) is 9.49. The molecule has 0 aromatic carbocycles. The molecule has 14 heavy (non-hydrogen) atoms.